The average molecular weight is 454 g/mol. The van der Waals surface area contributed by atoms with Crippen molar-refractivity contribution >= 4 is 52.2 Å². The second kappa shape index (κ2) is 9.90. The lowest BCUT2D eigenvalue weighted by atomic mass is 10.2. The fourth-order valence-corrected chi connectivity index (χ4v) is 3.92. The summed E-state index contributed by atoms with van der Waals surface area (Å²) in [5.41, 5.74) is 1.04. The fraction of sp³-hybridized carbons (Fsp3) is 0.316. The maximum absolute atomic E-state index is 12.2. The highest BCUT2D eigenvalue weighted by atomic mass is 35.5. The largest absolute Gasteiger partial charge is 0.442 e. The first kappa shape index (κ1) is 22.0. The Morgan fingerprint density at radius 1 is 1.23 bits per heavy atom. The van der Waals surface area contributed by atoms with E-state index in [0.29, 0.717) is 20.6 Å². The lowest BCUT2D eigenvalue weighted by molar-refractivity contribution is -0.121. The number of cyclic esters (lactones) is 1. The van der Waals surface area contributed by atoms with E-state index < -0.39 is 24.7 Å². The number of carbonyl (C=O) groups is 3. The standard InChI is InChI=1S/C19H20ClN3O6S/c20-16-6-5-15(30-16)18(27)21-9-14-10-23(19(28)29-14)13-3-1-12(2-4-13)22(7-8-24)17(26)11-25/h1-6,14,24-25H,7-11H2,(H,21,27). The van der Waals surface area contributed by atoms with E-state index in [1.54, 1.807) is 36.4 Å². The summed E-state index contributed by atoms with van der Waals surface area (Å²) in [6.45, 7) is -0.479. The molecule has 1 aromatic heterocycles. The van der Waals surface area contributed by atoms with Crippen molar-refractivity contribution in [3.63, 3.8) is 0 Å². The molecule has 11 heteroatoms. The number of aliphatic hydroxyl groups excluding tert-OH is 2. The van der Waals surface area contributed by atoms with Crippen LogP contribution >= 0.6 is 22.9 Å². The Morgan fingerprint density at radius 3 is 2.57 bits per heavy atom. The molecule has 1 aliphatic heterocycles. The molecule has 160 valence electrons. The molecule has 0 aliphatic carbocycles. The third-order valence-corrected chi connectivity index (χ3v) is 5.62. The number of hydrogen-bond donors (Lipinski definition) is 3. The third kappa shape index (κ3) is 5.08. The van der Waals surface area contributed by atoms with Crippen LogP contribution in [-0.2, 0) is 9.53 Å². The monoisotopic (exact) mass is 453 g/mol. The molecule has 3 N–H and O–H groups in total. The van der Waals surface area contributed by atoms with Gasteiger partial charge in [-0.05, 0) is 36.4 Å². The molecule has 1 fully saturated rings. The molecule has 1 aromatic carbocycles. The molecule has 0 saturated carbocycles. The molecule has 0 spiro atoms. The van der Waals surface area contributed by atoms with Crippen molar-refractivity contribution < 1.29 is 29.3 Å². The van der Waals surface area contributed by atoms with Crippen LogP contribution < -0.4 is 15.1 Å². The number of amides is 3. The number of benzene rings is 1. The number of thiophene rings is 1. The maximum atomic E-state index is 12.2. The summed E-state index contributed by atoms with van der Waals surface area (Å²) in [7, 11) is 0. The molecule has 0 bridgehead atoms. The van der Waals surface area contributed by atoms with Gasteiger partial charge in [0.25, 0.3) is 11.8 Å². The van der Waals surface area contributed by atoms with E-state index in [4.69, 9.17) is 26.6 Å². The van der Waals surface area contributed by atoms with Crippen LogP contribution in [0.1, 0.15) is 9.67 Å². The van der Waals surface area contributed by atoms with Crippen LogP contribution in [0.15, 0.2) is 36.4 Å². The van der Waals surface area contributed by atoms with E-state index in [1.165, 1.54) is 9.80 Å². The van der Waals surface area contributed by atoms with E-state index >= 15 is 0 Å². The summed E-state index contributed by atoms with van der Waals surface area (Å²) in [6.07, 6.45) is -1.06. The van der Waals surface area contributed by atoms with Crippen molar-refractivity contribution in [3.8, 4) is 0 Å². The van der Waals surface area contributed by atoms with Gasteiger partial charge in [-0.1, -0.05) is 11.6 Å². The first-order valence-electron chi connectivity index (χ1n) is 9.06. The molecule has 30 heavy (non-hydrogen) atoms. The first-order valence-corrected chi connectivity index (χ1v) is 10.3. The molecule has 1 saturated heterocycles. The van der Waals surface area contributed by atoms with Gasteiger partial charge in [-0.2, -0.15) is 0 Å². The predicted molar refractivity (Wildman–Crippen MR) is 112 cm³/mol. The summed E-state index contributed by atoms with van der Waals surface area (Å²) in [4.78, 5) is 39.3. The van der Waals surface area contributed by atoms with Gasteiger partial charge in [0.1, 0.15) is 12.7 Å². The highest BCUT2D eigenvalue weighted by Gasteiger charge is 2.32. The number of anilines is 2. The summed E-state index contributed by atoms with van der Waals surface area (Å²) < 4.78 is 5.82. The molecule has 1 unspecified atom stereocenters. The summed E-state index contributed by atoms with van der Waals surface area (Å²) in [6, 6.07) is 9.76. The number of nitrogens with one attached hydrogen (secondary N) is 1. The van der Waals surface area contributed by atoms with Crippen molar-refractivity contribution in [3.05, 3.63) is 45.6 Å². The summed E-state index contributed by atoms with van der Waals surface area (Å²) >= 11 is 6.99. The Kier molecular flexibility index (Phi) is 7.27. The average Bonchev–Trinajstić information content (AvgIpc) is 3.35. The Labute approximate surface area is 181 Å². The van der Waals surface area contributed by atoms with Crippen molar-refractivity contribution in [2.45, 2.75) is 6.10 Å². The normalized spacial score (nSPS) is 15.8. The topological polar surface area (TPSA) is 119 Å². The molecule has 1 aliphatic rings. The minimum Gasteiger partial charge on any atom is -0.442 e. The number of nitrogens with zero attached hydrogens (tertiary/aromatic N) is 2. The van der Waals surface area contributed by atoms with Gasteiger partial charge in [0, 0.05) is 17.9 Å². The maximum Gasteiger partial charge on any atom is 0.414 e. The molecular formula is C19H20ClN3O6S. The van der Waals surface area contributed by atoms with E-state index in [9.17, 15) is 14.4 Å². The minimum absolute atomic E-state index is 0.0434. The smallest absolute Gasteiger partial charge is 0.414 e. The van der Waals surface area contributed by atoms with Crippen LogP contribution in [0.3, 0.4) is 0 Å². The third-order valence-electron chi connectivity index (χ3n) is 4.39. The molecular weight excluding hydrogens is 434 g/mol. The van der Waals surface area contributed by atoms with Gasteiger partial charge in [-0.15, -0.1) is 11.3 Å². The second-order valence-electron chi connectivity index (χ2n) is 6.37. The van der Waals surface area contributed by atoms with Gasteiger partial charge in [0.05, 0.1) is 28.9 Å². The Morgan fingerprint density at radius 2 is 1.97 bits per heavy atom. The van der Waals surface area contributed by atoms with Gasteiger partial charge in [-0.25, -0.2) is 4.79 Å². The van der Waals surface area contributed by atoms with E-state index in [-0.39, 0.29) is 32.1 Å². The van der Waals surface area contributed by atoms with Gasteiger partial charge in [0.15, 0.2) is 0 Å². The van der Waals surface area contributed by atoms with Crippen molar-refractivity contribution in [1.82, 2.24) is 5.32 Å². The van der Waals surface area contributed by atoms with Crippen LogP contribution in [0, 0.1) is 0 Å². The highest BCUT2D eigenvalue weighted by Crippen LogP contribution is 2.25. The van der Waals surface area contributed by atoms with E-state index in [2.05, 4.69) is 5.32 Å². The Bertz CT molecular complexity index is 919. The van der Waals surface area contributed by atoms with Crippen LogP contribution in [0.25, 0.3) is 0 Å². The molecule has 9 nitrogen and oxygen atoms in total. The number of halogens is 1. The molecule has 1 atom stereocenters. The second-order valence-corrected chi connectivity index (χ2v) is 8.09. The molecule has 3 amide bonds. The highest BCUT2D eigenvalue weighted by molar-refractivity contribution is 7.18. The van der Waals surface area contributed by atoms with Gasteiger partial charge in [-0.3, -0.25) is 14.5 Å². The van der Waals surface area contributed by atoms with E-state index in [1.807, 2.05) is 0 Å². The quantitative estimate of drug-likeness (QED) is 0.557. The number of aliphatic hydroxyl groups is 2. The minimum atomic E-state index is -0.675. The molecule has 2 aromatic rings. The number of rotatable bonds is 8. The number of carbonyl (C=O) groups excluding carboxylic acids is 3. The molecule has 3 rings (SSSR count). The van der Waals surface area contributed by atoms with Gasteiger partial charge < -0.3 is 25.2 Å². The van der Waals surface area contributed by atoms with E-state index in [0.717, 1.165) is 11.3 Å². The van der Waals surface area contributed by atoms with Gasteiger partial charge in [0.2, 0.25) is 0 Å². The van der Waals surface area contributed by atoms with Crippen LogP contribution in [0.4, 0.5) is 16.2 Å². The van der Waals surface area contributed by atoms with Crippen LogP contribution in [-0.4, -0.2) is 67.1 Å². The van der Waals surface area contributed by atoms with Gasteiger partial charge >= 0.3 is 6.09 Å². The Balaban J connectivity index is 1.60. The predicted octanol–water partition coefficient (Wildman–Crippen LogP) is 1.47. The fourth-order valence-electron chi connectivity index (χ4n) is 2.96. The zero-order valence-electron chi connectivity index (χ0n) is 15.8. The lowest BCUT2D eigenvalue weighted by Crippen LogP contribution is -2.35. The summed E-state index contributed by atoms with van der Waals surface area (Å²) in [5.74, 6) is -0.830. The first-order chi connectivity index (χ1) is 14.4. The van der Waals surface area contributed by atoms with Crippen LogP contribution in [0.2, 0.25) is 4.34 Å². The molecule has 2 heterocycles. The summed E-state index contributed by atoms with van der Waals surface area (Å²) in [5, 5.41) is 20.9. The SMILES string of the molecule is O=C(NCC1CN(c2ccc(N(CCO)C(=O)CO)cc2)C(=O)O1)c1ccc(Cl)s1. The zero-order valence-corrected chi connectivity index (χ0v) is 17.4. The van der Waals surface area contributed by atoms with Crippen molar-refractivity contribution in [1.29, 1.82) is 0 Å². The van der Waals surface area contributed by atoms with Crippen molar-refractivity contribution in [2.24, 2.45) is 0 Å². The molecule has 0 radical (unpaired) electrons. The van der Waals surface area contributed by atoms with Crippen LogP contribution in [0.5, 0.6) is 0 Å². The zero-order chi connectivity index (χ0) is 21.7. The number of hydrogen-bond acceptors (Lipinski definition) is 7. The number of ether oxygens (including phenoxy) is 1. The van der Waals surface area contributed by atoms with Crippen molar-refractivity contribution in [2.75, 3.05) is 42.6 Å². The lowest BCUT2D eigenvalue weighted by Gasteiger charge is -2.22. The Hall–Kier alpha value is -2.66.